The molecule has 0 aliphatic rings. The van der Waals surface area contributed by atoms with Gasteiger partial charge >= 0.3 is 0 Å². The Kier molecular flexibility index (Phi) is 9.35. The highest BCUT2D eigenvalue weighted by molar-refractivity contribution is 6.29. The van der Waals surface area contributed by atoms with Gasteiger partial charge in [-0.1, -0.05) is 170 Å². The first-order chi connectivity index (χ1) is 33.7. The molecule has 9 aromatic carbocycles. The molecule has 0 saturated heterocycles. The van der Waals surface area contributed by atoms with Crippen LogP contribution in [0.25, 0.3) is 123 Å². The summed E-state index contributed by atoms with van der Waals surface area (Å²) >= 11 is 0. The lowest BCUT2D eigenvalue weighted by Gasteiger charge is -2.12. The van der Waals surface area contributed by atoms with Crippen LogP contribution in [0.1, 0.15) is 0 Å². The van der Waals surface area contributed by atoms with Crippen LogP contribution >= 0.6 is 0 Å². The van der Waals surface area contributed by atoms with Crippen LogP contribution in [-0.4, -0.2) is 34.1 Å². The number of fused-ring (bicyclic) bond motifs is 7. The van der Waals surface area contributed by atoms with Crippen LogP contribution in [0.15, 0.2) is 237 Å². The Bertz CT molecular complexity index is 3880. The number of hydrogen-bond donors (Lipinski definition) is 0. The second kappa shape index (κ2) is 16.3. The van der Waals surface area contributed by atoms with E-state index in [0.717, 1.165) is 78.2 Å². The van der Waals surface area contributed by atoms with Crippen molar-refractivity contribution in [3.63, 3.8) is 0 Å². The van der Waals surface area contributed by atoms with Gasteiger partial charge in [0.1, 0.15) is 0 Å². The van der Waals surface area contributed by atoms with Gasteiger partial charge in [-0.2, -0.15) is 0 Å². The third kappa shape index (κ3) is 6.72. The molecule has 318 valence electrons. The van der Waals surface area contributed by atoms with Crippen molar-refractivity contribution in [1.29, 1.82) is 0 Å². The second-order valence-corrected chi connectivity index (χ2v) is 16.9. The Morgan fingerprint density at radius 3 is 1.10 bits per heavy atom. The normalized spacial score (nSPS) is 11.5. The van der Waals surface area contributed by atoms with E-state index in [4.69, 9.17) is 24.9 Å². The molecule has 68 heavy (non-hydrogen) atoms. The molecule has 0 spiro atoms. The molecule has 13 rings (SSSR count). The number of hydrogen-bond acceptors (Lipinski definition) is 5. The third-order valence-corrected chi connectivity index (χ3v) is 12.8. The lowest BCUT2D eigenvalue weighted by atomic mass is 10.1. The molecule has 7 heteroatoms. The fraction of sp³-hybridized carbons (Fsp3) is 0. The first kappa shape index (κ1) is 39.1. The Balaban J connectivity index is 0.952. The van der Waals surface area contributed by atoms with Gasteiger partial charge in [0, 0.05) is 66.3 Å². The molecule has 4 heterocycles. The van der Waals surface area contributed by atoms with E-state index in [-0.39, 0.29) is 0 Å². The third-order valence-electron chi connectivity index (χ3n) is 12.8. The van der Waals surface area contributed by atoms with Crippen molar-refractivity contribution >= 4 is 43.6 Å². The fourth-order valence-electron chi connectivity index (χ4n) is 9.65. The van der Waals surface area contributed by atoms with Gasteiger partial charge in [-0.15, -0.1) is 0 Å². The van der Waals surface area contributed by atoms with Crippen molar-refractivity contribution < 1.29 is 0 Å². The van der Waals surface area contributed by atoms with Crippen LogP contribution in [0.2, 0.25) is 0 Å². The minimum absolute atomic E-state index is 0.622. The molecular weight excluding hydrogens is 831 g/mol. The molecule has 0 bridgehead atoms. The van der Waals surface area contributed by atoms with Crippen molar-refractivity contribution in [3.8, 4) is 79.4 Å². The topological polar surface area (TPSA) is 74.3 Å². The minimum atomic E-state index is 0.622. The standard InChI is InChI=1S/C61H39N7/c1-5-18-40(19-6-1)50-39-51(41-20-7-2-8-21-41)63-61(62-50)45-26-17-27-47(38-45)68-53-31-16-14-29-49(53)57-55(68)37-36-54-56(57)48-28-13-15-30-52(48)67(54)46-34-32-44(33-35-46)60-65-58(42-22-9-3-10-23-42)64-59(66-60)43-24-11-4-12-25-43/h1-39H. The second-order valence-electron chi connectivity index (χ2n) is 16.9. The molecule has 7 nitrogen and oxygen atoms in total. The maximum absolute atomic E-state index is 5.18. The predicted octanol–water partition coefficient (Wildman–Crippen LogP) is 14.9. The van der Waals surface area contributed by atoms with Gasteiger partial charge in [0.05, 0.1) is 33.5 Å². The van der Waals surface area contributed by atoms with E-state index in [1.54, 1.807) is 0 Å². The number of benzene rings is 9. The Morgan fingerprint density at radius 2 is 0.618 bits per heavy atom. The van der Waals surface area contributed by atoms with E-state index in [1.165, 1.54) is 21.5 Å². The predicted molar refractivity (Wildman–Crippen MR) is 277 cm³/mol. The first-order valence-corrected chi connectivity index (χ1v) is 22.8. The number of rotatable bonds is 8. The number of para-hydroxylation sites is 2. The maximum atomic E-state index is 5.18. The maximum Gasteiger partial charge on any atom is 0.164 e. The van der Waals surface area contributed by atoms with Crippen molar-refractivity contribution in [2.75, 3.05) is 0 Å². The summed E-state index contributed by atoms with van der Waals surface area (Å²) in [6, 6.07) is 82.1. The fourth-order valence-corrected chi connectivity index (χ4v) is 9.65. The van der Waals surface area contributed by atoms with Gasteiger partial charge in [-0.3, -0.25) is 0 Å². The van der Waals surface area contributed by atoms with Crippen LogP contribution in [0.5, 0.6) is 0 Å². The van der Waals surface area contributed by atoms with Gasteiger partial charge in [0.25, 0.3) is 0 Å². The molecule has 0 aliphatic carbocycles. The van der Waals surface area contributed by atoms with E-state index >= 15 is 0 Å². The van der Waals surface area contributed by atoms with E-state index in [2.05, 4.69) is 149 Å². The Morgan fingerprint density at radius 1 is 0.235 bits per heavy atom. The highest BCUT2D eigenvalue weighted by atomic mass is 15.0. The van der Waals surface area contributed by atoms with Crippen LogP contribution in [-0.2, 0) is 0 Å². The van der Waals surface area contributed by atoms with E-state index < -0.39 is 0 Å². The summed E-state index contributed by atoms with van der Waals surface area (Å²) < 4.78 is 4.76. The summed E-state index contributed by atoms with van der Waals surface area (Å²) in [7, 11) is 0. The SMILES string of the molecule is c1ccc(-c2cc(-c3ccccc3)nc(-c3cccc(-n4c5ccccc5c5c6c7ccccc7n(-c7ccc(-c8nc(-c9ccccc9)nc(-c9ccccc9)n8)cc7)c6ccc54)c3)n2)cc1. The summed E-state index contributed by atoms with van der Waals surface area (Å²) in [6.45, 7) is 0. The van der Waals surface area contributed by atoms with Crippen molar-refractivity contribution in [1.82, 2.24) is 34.1 Å². The highest BCUT2D eigenvalue weighted by Crippen LogP contribution is 2.43. The zero-order valence-electron chi connectivity index (χ0n) is 36.6. The summed E-state index contributed by atoms with van der Waals surface area (Å²) in [6.07, 6.45) is 0. The average Bonchev–Trinajstić information content (AvgIpc) is 3.95. The number of aromatic nitrogens is 7. The van der Waals surface area contributed by atoms with Gasteiger partial charge in [0.15, 0.2) is 23.3 Å². The number of nitrogens with zero attached hydrogens (tertiary/aromatic N) is 7. The Hall–Kier alpha value is -9.33. The molecule has 4 aromatic heterocycles. The smallest absolute Gasteiger partial charge is 0.164 e. The molecule has 0 N–H and O–H groups in total. The highest BCUT2D eigenvalue weighted by Gasteiger charge is 2.22. The van der Waals surface area contributed by atoms with Crippen molar-refractivity contribution in [3.05, 3.63) is 237 Å². The van der Waals surface area contributed by atoms with Crippen LogP contribution in [0.3, 0.4) is 0 Å². The van der Waals surface area contributed by atoms with Crippen molar-refractivity contribution in [2.45, 2.75) is 0 Å². The molecule has 0 fully saturated rings. The lowest BCUT2D eigenvalue weighted by molar-refractivity contribution is 1.07. The van der Waals surface area contributed by atoms with Crippen LogP contribution in [0, 0.1) is 0 Å². The molecule has 0 radical (unpaired) electrons. The summed E-state index contributed by atoms with van der Waals surface area (Å²) in [5.74, 6) is 2.57. The average molecular weight is 870 g/mol. The largest absolute Gasteiger partial charge is 0.309 e. The molecule has 0 amide bonds. The summed E-state index contributed by atoms with van der Waals surface area (Å²) in [4.78, 5) is 25.3. The summed E-state index contributed by atoms with van der Waals surface area (Å²) in [5.41, 5.74) is 14.2. The van der Waals surface area contributed by atoms with Crippen molar-refractivity contribution in [2.24, 2.45) is 0 Å². The van der Waals surface area contributed by atoms with E-state index in [0.29, 0.717) is 23.3 Å². The monoisotopic (exact) mass is 869 g/mol. The molecule has 13 aromatic rings. The van der Waals surface area contributed by atoms with Crippen LogP contribution < -0.4 is 0 Å². The summed E-state index contributed by atoms with van der Waals surface area (Å²) in [5, 5.41) is 4.78. The molecule has 0 aliphatic heterocycles. The zero-order valence-corrected chi connectivity index (χ0v) is 36.6. The first-order valence-electron chi connectivity index (χ1n) is 22.8. The zero-order chi connectivity index (χ0) is 45.0. The van der Waals surface area contributed by atoms with E-state index in [1.807, 2.05) is 97.1 Å². The van der Waals surface area contributed by atoms with Gasteiger partial charge in [-0.25, -0.2) is 24.9 Å². The molecule has 0 saturated carbocycles. The van der Waals surface area contributed by atoms with Crippen LogP contribution in [0.4, 0.5) is 0 Å². The quantitative estimate of drug-likeness (QED) is 0.152. The van der Waals surface area contributed by atoms with Gasteiger partial charge in [-0.05, 0) is 66.7 Å². The van der Waals surface area contributed by atoms with E-state index in [9.17, 15) is 0 Å². The Labute approximate surface area is 392 Å². The minimum Gasteiger partial charge on any atom is -0.309 e. The molecule has 0 atom stereocenters. The van der Waals surface area contributed by atoms with Gasteiger partial charge in [0.2, 0.25) is 0 Å². The van der Waals surface area contributed by atoms with Gasteiger partial charge < -0.3 is 9.13 Å². The molecule has 0 unspecified atom stereocenters. The molecular formula is C61H39N7. The lowest BCUT2D eigenvalue weighted by Crippen LogP contribution is -2.00.